The molecule has 0 unspecified atom stereocenters. The third-order valence-electron chi connectivity index (χ3n) is 4.02. The highest BCUT2D eigenvalue weighted by Crippen LogP contribution is 2.41. The summed E-state index contributed by atoms with van der Waals surface area (Å²) in [5.41, 5.74) is 2.53. The van der Waals surface area contributed by atoms with Gasteiger partial charge in [-0.2, -0.15) is 5.10 Å². The quantitative estimate of drug-likeness (QED) is 0.897. The fourth-order valence-corrected chi connectivity index (χ4v) is 3.37. The summed E-state index contributed by atoms with van der Waals surface area (Å²) in [6, 6.07) is 0. The van der Waals surface area contributed by atoms with Crippen LogP contribution in [0.1, 0.15) is 37.1 Å². The summed E-state index contributed by atoms with van der Waals surface area (Å²) in [5.74, 6) is 0. The molecule has 4 heteroatoms. The first-order chi connectivity index (χ1) is 8.08. The minimum absolute atomic E-state index is 0.388. The molecule has 3 nitrogen and oxygen atoms in total. The molecule has 96 valence electrons. The predicted molar refractivity (Wildman–Crippen MR) is 71.5 cm³/mol. The number of aromatic nitrogens is 2. The molecule has 0 atom stereocenters. The lowest BCUT2D eigenvalue weighted by Gasteiger charge is -2.29. The molecule has 1 aliphatic carbocycles. The van der Waals surface area contributed by atoms with Gasteiger partial charge in [-0.3, -0.25) is 4.68 Å². The van der Waals surface area contributed by atoms with E-state index in [2.05, 4.69) is 10.4 Å². The van der Waals surface area contributed by atoms with Gasteiger partial charge in [-0.05, 0) is 38.6 Å². The Morgan fingerprint density at radius 1 is 1.41 bits per heavy atom. The summed E-state index contributed by atoms with van der Waals surface area (Å²) in [4.78, 5) is 0. The molecule has 1 aromatic heterocycles. The Bertz CT molecular complexity index is 392. The molecule has 17 heavy (non-hydrogen) atoms. The van der Waals surface area contributed by atoms with Crippen molar-refractivity contribution in [1.82, 2.24) is 15.1 Å². The Hall–Kier alpha value is -0.540. The molecule has 1 fully saturated rings. The van der Waals surface area contributed by atoms with Gasteiger partial charge in [0.2, 0.25) is 0 Å². The van der Waals surface area contributed by atoms with E-state index in [4.69, 9.17) is 11.6 Å². The molecule has 0 bridgehead atoms. The van der Waals surface area contributed by atoms with Crippen LogP contribution in [-0.4, -0.2) is 23.4 Å². The Balaban J connectivity index is 2.23. The topological polar surface area (TPSA) is 29.9 Å². The summed E-state index contributed by atoms with van der Waals surface area (Å²) in [6.07, 6.45) is 6.33. The van der Waals surface area contributed by atoms with Gasteiger partial charge in [0.1, 0.15) is 0 Å². The van der Waals surface area contributed by atoms with Crippen LogP contribution in [0.2, 0.25) is 5.02 Å². The minimum Gasteiger partial charge on any atom is -0.319 e. The number of hydrogen-bond acceptors (Lipinski definition) is 2. The van der Waals surface area contributed by atoms with Gasteiger partial charge in [0.05, 0.1) is 16.4 Å². The van der Waals surface area contributed by atoms with E-state index < -0.39 is 0 Å². The maximum absolute atomic E-state index is 6.35. The Labute approximate surface area is 109 Å². The van der Waals surface area contributed by atoms with Crippen molar-refractivity contribution in [2.45, 2.75) is 39.0 Å². The average molecular weight is 256 g/mol. The van der Waals surface area contributed by atoms with E-state index in [1.807, 2.05) is 25.7 Å². The standard InChI is InChI=1S/C13H22ClN3/c1-10-12(14)11(17(3)16-10)8-13(9-15-2)6-4-5-7-13/h15H,4-9H2,1-3H3. The summed E-state index contributed by atoms with van der Waals surface area (Å²) < 4.78 is 1.95. The zero-order valence-corrected chi connectivity index (χ0v) is 11.8. The van der Waals surface area contributed by atoms with Crippen LogP contribution in [-0.2, 0) is 13.5 Å². The number of halogens is 1. The molecule has 1 heterocycles. The first kappa shape index (κ1) is 12.9. The van der Waals surface area contributed by atoms with E-state index in [0.29, 0.717) is 5.41 Å². The van der Waals surface area contributed by atoms with Crippen LogP contribution in [0.15, 0.2) is 0 Å². The lowest BCUT2D eigenvalue weighted by atomic mass is 9.81. The molecule has 0 amide bonds. The maximum atomic E-state index is 6.35. The van der Waals surface area contributed by atoms with Crippen molar-refractivity contribution in [3.63, 3.8) is 0 Å². The van der Waals surface area contributed by atoms with Crippen LogP contribution in [0.25, 0.3) is 0 Å². The van der Waals surface area contributed by atoms with Gasteiger partial charge in [-0.15, -0.1) is 0 Å². The van der Waals surface area contributed by atoms with Gasteiger partial charge in [0.15, 0.2) is 0 Å². The van der Waals surface area contributed by atoms with E-state index in [-0.39, 0.29) is 0 Å². The molecule has 1 aliphatic rings. The monoisotopic (exact) mass is 255 g/mol. The van der Waals surface area contributed by atoms with Crippen LogP contribution in [0.5, 0.6) is 0 Å². The molecule has 1 aromatic rings. The number of rotatable bonds is 4. The second kappa shape index (κ2) is 4.99. The third-order valence-corrected chi connectivity index (χ3v) is 4.51. The molecule has 2 rings (SSSR count). The molecule has 1 saturated carbocycles. The van der Waals surface area contributed by atoms with E-state index in [9.17, 15) is 0 Å². The smallest absolute Gasteiger partial charge is 0.0847 e. The highest BCUT2D eigenvalue weighted by atomic mass is 35.5. The van der Waals surface area contributed by atoms with Crippen LogP contribution >= 0.6 is 11.6 Å². The molecule has 0 spiro atoms. The van der Waals surface area contributed by atoms with E-state index in [1.54, 1.807) is 0 Å². The van der Waals surface area contributed by atoms with Crippen LogP contribution in [0.4, 0.5) is 0 Å². The highest BCUT2D eigenvalue weighted by molar-refractivity contribution is 6.31. The van der Waals surface area contributed by atoms with Crippen molar-refractivity contribution in [3.8, 4) is 0 Å². The largest absolute Gasteiger partial charge is 0.319 e. The van der Waals surface area contributed by atoms with Gasteiger partial charge in [0, 0.05) is 13.6 Å². The molecule has 0 aromatic carbocycles. The summed E-state index contributed by atoms with van der Waals surface area (Å²) in [5, 5.41) is 8.61. The first-order valence-corrected chi connectivity index (χ1v) is 6.78. The Kier molecular flexibility index (Phi) is 3.79. The number of nitrogens with zero attached hydrogens (tertiary/aromatic N) is 2. The minimum atomic E-state index is 0.388. The maximum Gasteiger partial charge on any atom is 0.0847 e. The van der Waals surface area contributed by atoms with Crippen LogP contribution in [0.3, 0.4) is 0 Å². The second-order valence-electron chi connectivity index (χ2n) is 5.38. The van der Waals surface area contributed by atoms with Crippen molar-refractivity contribution in [2.75, 3.05) is 13.6 Å². The number of hydrogen-bond donors (Lipinski definition) is 1. The first-order valence-electron chi connectivity index (χ1n) is 6.40. The van der Waals surface area contributed by atoms with Crippen LogP contribution in [0, 0.1) is 12.3 Å². The molecule has 0 radical (unpaired) electrons. The van der Waals surface area contributed by atoms with E-state index in [0.717, 1.165) is 23.7 Å². The molecular formula is C13H22ClN3. The SMILES string of the molecule is CNCC1(Cc2c(Cl)c(C)nn2C)CCCC1. The van der Waals surface area contributed by atoms with Crippen molar-refractivity contribution >= 4 is 11.6 Å². The number of aryl methyl sites for hydroxylation is 2. The highest BCUT2D eigenvalue weighted by Gasteiger charge is 2.35. The van der Waals surface area contributed by atoms with Crippen molar-refractivity contribution in [3.05, 3.63) is 16.4 Å². The van der Waals surface area contributed by atoms with Gasteiger partial charge in [-0.25, -0.2) is 0 Å². The molecular weight excluding hydrogens is 234 g/mol. The zero-order chi connectivity index (χ0) is 12.5. The van der Waals surface area contributed by atoms with Crippen molar-refractivity contribution in [1.29, 1.82) is 0 Å². The van der Waals surface area contributed by atoms with Crippen molar-refractivity contribution in [2.24, 2.45) is 12.5 Å². The summed E-state index contributed by atoms with van der Waals surface area (Å²) >= 11 is 6.35. The third kappa shape index (κ3) is 2.50. The van der Waals surface area contributed by atoms with E-state index in [1.165, 1.54) is 31.4 Å². The fourth-order valence-electron chi connectivity index (χ4n) is 3.14. The molecule has 0 saturated heterocycles. The Morgan fingerprint density at radius 2 is 2.06 bits per heavy atom. The molecule has 1 N–H and O–H groups in total. The predicted octanol–water partition coefficient (Wildman–Crippen LogP) is 2.70. The normalized spacial score (nSPS) is 18.8. The van der Waals surface area contributed by atoms with Gasteiger partial charge >= 0.3 is 0 Å². The second-order valence-corrected chi connectivity index (χ2v) is 5.76. The van der Waals surface area contributed by atoms with E-state index >= 15 is 0 Å². The number of nitrogens with one attached hydrogen (secondary N) is 1. The molecule has 0 aliphatic heterocycles. The summed E-state index contributed by atoms with van der Waals surface area (Å²) in [7, 11) is 4.03. The Morgan fingerprint density at radius 3 is 2.53 bits per heavy atom. The lowest BCUT2D eigenvalue weighted by Crippen LogP contribution is -2.32. The van der Waals surface area contributed by atoms with Gasteiger partial charge < -0.3 is 5.32 Å². The van der Waals surface area contributed by atoms with Crippen molar-refractivity contribution < 1.29 is 0 Å². The fraction of sp³-hybridized carbons (Fsp3) is 0.769. The van der Waals surface area contributed by atoms with Gasteiger partial charge in [-0.1, -0.05) is 24.4 Å². The van der Waals surface area contributed by atoms with Crippen LogP contribution < -0.4 is 5.32 Å². The lowest BCUT2D eigenvalue weighted by molar-refractivity contribution is 0.279. The summed E-state index contributed by atoms with van der Waals surface area (Å²) in [6.45, 7) is 3.05. The zero-order valence-electron chi connectivity index (χ0n) is 11.0. The average Bonchev–Trinajstić information content (AvgIpc) is 2.82. The van der Waals surface area contributed by atoms with Gasteiger partial charge in [0.25, 0.3) is 0 Å².